The molecule has 90 valence electrons. The lowest BCUT2D eigenvalue weighted by atomic mass is 9.86. The van der Waals surface area contributed by atoms with Gasteiger partial charge in [-0.25, -0.2) is 0 Å². The SMILES string of the molecule is CC(C)(O)C(C)(C)NCCc1cccnc1. The first-order valence-electron chi connectivity index (χ1n) is 5.69. The normalized spacial score (nSPS) is 12.8. The Bertz CT molecular complexity index is 314. The van der Waals surface area contributed by atoms with Gasteiger partial charge in [0.05, 0.1) is 5.60 Å². The van der Waals surface area contributed by atoms with Crippen LogP contribution in [0.15, 0.2) is 24.5 Å². The van der Waals surface area contributed by atoms with E-state index >= 15 is 0 Å². The minimum absolute atomic E-state index is 0.296. The number of pyridine rings is 1. The Kier molecular flexibility index (Phi) is 4.05. The second-order valence-electron chi connectivity index (χ2n) is 5.22. The van der Waals surface area contributed by atoms with Gasteiger partial charge in [0, 0.05) is 17.9 Å². The fourth-order valence-electron chi connectivity index (χ4n) is 1.28. The summed E-state index contributed by atoms with van der Waals surface area (Å²) >= 11 is 0. The molecule has 0 unspecified atom stereocenters. The van der Waals surface area contributed by atoms with Crippen LogP contribution in [0, 0.1) is 0 Å². The Morgan fingerprint density at radius 1 is 1.31 bits per heavy atom. The fourth-order valence-corrected chi connectivity index (χ4v) is 1.28. The lowest BCUT2D eigenvalue weighted by Crippen LogP contribution is -2.56. The van der Waals surface area contributed by atoms with E-state index in [2.05, 4.69) is 16.4 Å². The van der Waals surface area contributed by atoms with Crippen molar-refractivity contribution in [3.63, 3.8) is 0 Å². The van der Waals surface area contributed by atoms with Crippen LogP contribution in [0.3, 0.4) is 0 Å². The average Bonchev–Trinajstić information content (AvgIpc) is 2.17. The molecule has 0 bridgehead atoms. The summed E-state index contributed by atoms with van der Waals surface area (Å²) in [7, 11) is 0. The second kappa shape index (κ2) is 4.93. The molecule has 16 heavy (non-hydrogen) atoms. The first-order chi connectivity index (χ1) is 7.33. The summed E-state index contributed by atoms with van der Waals surface area (Å²) in [4.78, 5) is 4.07. The van der Waals surface area contributed by atoms with E-state index in [1.165, 1.54) is 5.56 Å². The van der Waals surface area contributed by atoms with E-state index in [0.29, 0.717) is 0 Å². The summed E-state index contributed by atoms with van der Waals surface area (Å²) in [6, 6.07) is 4.00. The lowest BCUT2D eigenvalue weighted by molar-refractivity contribution is -0.00409. The summed E-state index contributed by atoms with van der Waals surface area (Å²) < 4.78 is 0. The predicted molar refractivity (Wildman–Crippen MR) is 66.3 cm³/mol. The topological polar surface area (TPSA) is 45.1 Å². The molecule has 0 aliphatic heterocycles. The van der Waals surface area contributed by atoms with Crippen molar-refractivity contribution in [2.75, 3.05) is 6.54 Å². The lowest BCUT2D eigenvalue weighted by Gasteiger charge is -2.38. The van der Waals surface area contributed by atoms with E-state index in [4.69, 9.17) is 0 Å². The van der Waals surface area contributed by atoms with Gasteiger partial charge in [-0.1, -0.05) is 6.07 Å². The second-order valence-corrected chi connectivity index (χ2v) is 5.22. The van der Waals surface area contributed by atoms with E-state index in [-0.39, 0.29) is 5.54 Å². The van der Waals surface area contributed by atoms with Gasteiger partial charge in [-0.2, -0.15) is 0 Å². The third-order valence-corrected chi connectivity index (χ3v) is 3.23. The molecule has 0 fully saturated rings. The summed E-state index contributed by atoms with van der Waals surface area (Å²) in [5.74, 6) is 0. The monoisotopic (exact) mass is 222 g/mol. The minimum Gasteiger partial charge on any atom is -0.389 e. The molecular formula is C13H22N2O. The van der Waals surface area contributed by atoms with Crippen molar-refractivity contribution in [2.24, 2.45) is 0 Å². The summed E-state index contributed by atoms with van der Waals surface area (Å²) in [6.07, 6.45) is 4.57. The van der Waals surface area contributed by atoms with Crippen LogP contribution >= 0.6 is 0 Å². The molecule has 1 aromatic rings. The molecule has 1 heterocycles. The van der Waals surface area contributed by atoms with Crippen molar-refractivity contribution >= 4 is 0 Å². The molecule has 2 N–H and O–H groups in total. The highest BCUT2D eigenvalue weighted by molar-refractivity contribution is 5.09. The summed E-state index contributed by atoms with van der Waals surface area (Å²) in [6.45, 7) is 8.50. The van der Waals surface area contributed by atoms with Crippen LogP contribution in [0.4, 0.5) is 0 Å². The third-order valence-electron chi connectivity index (χ3n) is 3.23. The quantitative estimate of drug-likeness (QED) is 0.798. The molecule has 0 radical (unpaired) electrons. The molecule has 0 amide bonds. The molecule has 3 heteroatoms. The van der Waals surface area contributed by atoms with Gasteiger partial charge in [0.15, 0.2) is 0 Å². The van der Waals surface area contributed by atoms with Crippen molar-refractivity contribution in [1.82, 2.24) is 10.3 Å². The minimum atomic E-state index is -0.734. The van der Waals surface area contributed by atoms with Crippen molar-refractivity contribution in [1.29, 1.82) is 0 Å². The van der Waals surface area contributed by atoms with Gasteiger partial charge < -0.3 is 10.4 Å². The highest BCUT2D eigenvalue weighted by atomic mass is 16.3. The molecule has 0 aromatic carbocycles. The smallest absolute Gasteiger partial charge is 0.0767 e. The zero-order valence-corrected chi connectivity index (χ0v) is 10.6. The van der Waals surface area contributed by atoms with Crippen LogP contribution < -0.4 is 5.32 Å². The van der Waals surface area contributed by atoms with Crippen LogP contribution in [0.5, 0.6) is 0 Å². The largest absolute Gasteiger partial charge is 0.389 e. The van der Waals surface area contributed by atoms with Gasteiger partial charge in [-0.3, -0.25) is 4.98 Å². The molecule has 0 saturated carbocycles. The number of nitrogens with zero attached hydrogens (tertiary/aromatic N) is 1. The van der Waals surface area contributed by atoms with Crippen LogP contribution in [-0.4, -0.2) is 27.8 Å². The molecule has 1 rings (SSSR count). The van der Waals surface area contributed by atoms with E-state index in [1.807, 2.05) is 40.0 Å². The van der Waals surface area contributed by atoms with E-state index in [0.717, 1.165) is 13.0 Å². The zero-order chi connectivity index (χ0) is 12.2. The van der Waals surface area contributed by atoms with Crippen LogP contribution in [-0.2, 0) is 6.42 Å². The zero-order valence-electron chi connectivity index (χ0n) is 10.6. The average molecular weight is 222 g/mol. The van der Waals surface area contributed by atoms with E-state index in [9.17, 15) is 5.11 Å². The van der Waals surface area contributed by atoms with Gasteiger partial charge in [-0.15, -0.1) is 0 Å². The first kappa shape index (κ1) is 13.1. The maximum atomic E-state index is 9.97. The highest BCUT2D eigenvalue weighted by Gasteiger charge is 2.33. The Balaban J connectivity index is 2.42. The standard InChI is InChI=1S/C13H22N2O/c1-12(2,13(3,4)16)15-9-7-11-6-5-8-14-10-11/h5-6,8,10,15-16H,7,9H2,1-4H3. The molecule has 0 aliphatic carbocycles. The Morgan fingerprint density at radius 3 is 2.50 bits per heavy atom. The van der Waals surface area contributed by atoms with E-state index in [1.54, 1.807) is 6.20 Å². The number of aliphatic hydroxyl groups is 1. The Morgan fingerprint density at radius 2 is 2.00 bits per heavy atom. The van der Waals surface area contributed by atoms with Gasteiger partial charge in [0.1, 0.15) is 0 Å². The molecule has 1 aromatic heterocycles. The van der Waals surface area contributed by atoms with Crippen LogP contribution in [0.2, 0.25) is 0 Å². The molecule has 0 saturated heterocycles. The highest BCUT2D eigenvalue weighted by Crippen LogP contribution is 2.20. The van der Waals surface area contributed by atoms with Gasteiger partial charge in [0.2, 0.25) is 0 Å². The maximum absolute atomic E-state index is 9.97. The number of hydrogen-bond donors (Lipinski definition) is 2. The van der Waals surface area contributed by atoms with Crippen molar-refractivity contribution in [3.8, 4) is 0 Å². The molecular weight excluding hydrogens is 200 g/mol. The molecule has 0 spiro atoms. The maximum Gasteiger partial charge on any atom is 0.0767 e. The fraction of sp³-hybridized carbons (Fsp3) is 0.615. The number of rotatable bonds is 5. The van der Waals surface area contributed by atoms with Crippen LogP contribution in [0.25, 0.3) is 0 Å². The van der Waals surface area contributed by atoms with Gasteiger partial charge >= 0.3 is 0 Å². The van der Waals surface area contributed by atoms with Gasteiger partial charge in [-0.05, 0) is 52.3 Å². The first-order valence-corrected chi connectivity index (χ1v) is 5.69. The van der Waals surface area contributed by atoms with Crippen molar-refractivity contribution in [2.45, 2.75) is 45.3 Å². The Hall–Kier alpha value is -0.930. The molecule has 0 aliphatic rings. The van der Waals surface area contributed by atoms with Crippen molar-refractivity contribution < 1.29 is 5.11 Å². The van der Waals surface area contributed by atoms with Gasteiger partial charge in [0.25, 0.3) is 0 Å². The Labute approximate surface area is 97.9 Å². The third kappa shape index (κ3) is 3.58. The predicted octanol–water partition coefficient (Wildman–Crippen LogP) is 1.76. The summed E-state index contributed by atoms with van der Waals surface area (Å²) in [5, 5.41) is 13.3. The van der Waals surface area contributed by atoms with Crippen molar-refractivity contribution in [3.05, 3.63) is 30.1 Å². The van der Waals surface area contributed by atoms with Crippen LogP contribution in [0.1, 0.15) is 33.3 Å². The number of nitrogens with one attached hydrogen (secondary N) is 1. The summed E-state index contributed by atoms with van der Waals surface area (Å²) in [5.41, 5.74) is 0.179. The van der Waals surface area contributed by atoms with E-state index < -0.39 is 5.60 Å². The number of hydrogen-bond acceptors (Lipinski definition) is 3. The molecule has 3 nitrogen and oxygen atoms in total. The number of aromatic nitrogens is 1. The molecule has 0 atom stereocenters.